The van der Waals surface area contributed by atoms with Gasteiger partial charge in [0.25, 0.3) is 5.91 Å². The van der Waals surface area contributed by atoms with Crippen LogP contribution in [-0.4, -0.2) is 24.1 Å². The second kappa shape index (κ2) is 9.56. The van der Waals surface area contributed by atoms with Gasteiger partial charge in [-0.25, -0.2) is 4.98 Å². The van der Waals surface area contributed by atoms with Gasteiger partial charge in [0.15, 0.2) is 11.7 Å². The fourth-order valence-electron chi connectivity index (χ4n) is 2.85. The van der Waals surface area contributed by atoms with Crippen molar-refractivity contribution >= 4 is 22.4 Å². The van der Waals surface area contributed by atoms with Gasteiger partial charge in [-0.2, -0.15) is 0 Å². The van der Waals surface area contributed by atoms with Gasteiger partial charge in [0, 0.05) is 10.9 Å². The fourth-order valence-corrected chi connectivity index (χ4v) is 3.58. The Hall–Kier alpha value is -2.86. The van der Waals surface area contributed by atoms with Gasteiger partial charge in [-0.15, -0.1) is 11.3 Å². The van der Waals surface area contributed by atoms with Crippen LogP contribution in [-0.2, 0) is 4.79 Å². The third-order valence-corrected chi connectivity index (χ3v) is 5.35. The minimum Gasteiger partial charge on any atom is -0.494 e. The molecule has 0 spiro atoms. The Morgan fingerprint density at radius 3 is 2.48 bits per heavy atom. The maximum Gasteiger partial charge on any atom is 0.264 e. The van der Waals surface area contributed by atoms with Crippen LogP contribution in [0.2, 0.25) is 0 Å². The van der Waals surface area contributed by atoms with E-state index in [0.717, 1.165) is 45.9 Å². The fraction of sp³-hybridized carbons (Fsp3) is 0.304. The van der Waals surface area contributed by atoms with Gasteiger partial charge in [-0.05, 0) is 68.1 Å². The second-order valence-electron chi connectivity index (χ2n) is 6.90. The highest BCUT2D eigenvalue weighted by Crippen LogP contribution is 2.27. The number of nitrogens with zero attached hydrogens (tertiary/aromatic N) is 1. The molecular weight excluding hydrogens is 384 g/mol. The van der Waals surface area contributed by atoms with Gasteiger partial charge in [0.05, 0.1) is 12.3 Å². The molecule has 0 radical (unpaired) electrons. The number of rotatable bonds is 8. The van der Waals surface area contributed by atoms with Crippen molar-refractivity contribution in [3.05, 3.63) is 58.5 Å². The Morgan fingerprint density at radius 2 is 1.76 bits per heavy atom. The van der Waals surface area contributed by atoms with Crippen molar-refractivity contribution in [3.63, 3.8) is 0 Å². The monoisotopic (exact) mass is 410 g/mol. The summed E-state index contributed by atoms with van der Waals surface area (Å²) in [5.41, 5.74) is 5.01. The molecule has 3 aromatic rings. The average molecular weight is 411 g/mol. The molecule has 6 heteroatoms. The van der Waals surface area contributed by atoms with E-state index in [1.165, 1.54) is 11.3 Å². The van der Waals surface area contributed by atoms with Crippen LogP contribution in [0.5, 0.6) is 11.5 Å². The highest BCUT2D eigenvalue weighted by molar-refractivity contribution is 7.14. The first kappa shape index (κ1) is 20.9. The van der Waals surface area contributed by atoms with Crippen LogP contribution in [0.4, 0.5) is 5.13 Å². The molecule has 29 heavy (non-hydrogen) atoms. The van der Waals surface area contributed by atoms with Crippen molar-refractivity contribution < 1.29 is 14.3 Å². The van der Waals surface area contributed by atoms with Crippen LogP contribution in [0.15, 0.2) is 41.8 Å². The summed E-state index contributed by atoms with van der Waals surface area (Å²) >= 11 is 1.39. The van der Waals surface area contributed by atoms with Crippen LogP contribution in [0, 0.1) is 20.8 Å². The quantitative estimate of drug-likeness (QED) is 0.529. The molecule has 5 nitrogen and oxygen atoms in total. The van der Waals surface area contributed by atoms with Gasteiger partial charge < -0.3 is 9.47 Å². The van der Waals surface area contributed by atoms with Crippen LogP contribution < -0.4 is 14.8 Å². The number of hydrogen-bond donors (Lipinski definition) is 1. The number of ether oxygens (including phenoxy) is 2. The van der Waals surface area contributed by atoms with E-state index >= 15 is 0 Å². The summed E-state index contributed by atoms with van der Waals surface area (Å²) in [5.74, 6) is 1.39. The van der Waals surface area contributed by atoms with Crippen LogP contribution in [0.3, 0.4) is 0 Å². The summed E-state index contributed by atoms with van der Waals surface area (Å²) in [5, 5.41) is 5.29. The Morgan fingerprint density at radius 1 is 1.03 bits per heavy atom. The van der Waals surface area contributed by atoms with Gasteiger partial charge in [0.2, 0.25) is 0 Å². The number of aromatic nitrogens is 1. The lowest BCUT2D eigenvalue weighted by Crippen LogP contribution is -2.20. The molecule has 0 aliphatic heterocycles. The number of hydrogen-bond acceptors (Lipinski definition) is 5. The molecule has 0 aliphatic rings. The predicted molar refractivity (Wildman–Crippen MR) is 118 cm³/mol. The van der Waals surface area contributed by atoms with Crippen molar-refractivity contribution in [3.8, 4) is 22.8 Å². The van der Waals surface area contributed by atoms with E-state index in [9.17, 15) is 4.79 Å². The summed E-state index contributed by atoms with van der Waals surface area (Å²) in [6, 6.07) is 11.9. The molecule has 0 unspecified atom stereocenters. The van der Waals surface area contributed by atoms with E-state index in [-0.39, 0.29) is 12.5 Å². The molecule has 0 fully saturated rings. The first-order valence-electron chi connectivity index (χ1n) is 9.66. The van der Waals surface area contributed by atoms with E-state index < -0.39 is 0 Å². The van der Waals surface area contributed by atoms with Crippen molar-refractivity contribution in [2.45, 2.75) is 34.1 Å². The van der Waals surface area contributed by atoms with Crippen molar-refractivity contribution in [1.82, 2.24) is 4.98 Å². The zero-order valence-corrected chi connectivity index (χ0v) is 18.1. The highest BCUT2D eigenvalue weighted by Gasteiger charge is 2.12. The van der Waals surface area contributed by atoms with E-state index in [0.29, 0.717) is 11.7 Å². The molecular formula is C23H26N2O3S. The number of carbonyl (C=O) groups is 1. The molecule has 0 saturated carbocycles. The molecule has 3 rings (SSSR count). The summed E-state index contributed by atoms with van der Waals surface area (Å²) in [4.78, 5) is 16.8. The van der Waals surface area contributed by atoms with Crippen molar-refractivity contribution in [1.29, 1.82) is 0 Å². The molecule has 152 valence electrons. The SMILES string of the molecule is CCCOc1ccc(-c2csc(NC(=O)COc3c(C)ccc(C)c3C)n2)cc1. The number of thiazole rings is 1. The number of carbonyl (C=O) groups excluding carboxylic acids is 1. The molecule has 0 saturated heterocycles. The maximum atomic E-state index is 12.3. The van der Waals surface area contributed by atoms with Gasteiger partial charge in [-0.3, -0.25) is 10.1 Å². The lowest BCUT2D eigenvalue weighted by Gasteiger charge is -2.13. The smallest absolute Gasteiger partial charge is 0.264 e. The number of nitrogens with one attached hydrogen (secondary N) is 1. The van der Waals surface area contributed by atoms with Crippen molar-refractivity contribution in [2.75, 3.05) is 18.5 Å². The Bertz CT molecular complexity index is 980. The first-order chi connectivity index (χ1) is 14.0. The number of anilines is 1. The molecule has 0 aliphatic carbocycles. The number of aryl methyl sites for hydroxylation is 2. The zero-order valence-electron chi connectivity index (χ0n) is 17.2. The third kappa shape index (κ3) is 5.35. The van der Waals surface area contributed by atoms with E-state index in [1.54, 1.807) is 0 Å². The Kier molecular flexibility index (Phi) is 6.88. The molecule has 2 aromatic carbocycles. The highest BCUT2D eigenvalue weighted by atomic mass is 32.1. The molecule has 0 bridgehead atoms. The largest absolute Gasteiger partial charge is 0.494 e. The molecule has 1 amide bonds. The first-order valence-corrected chi connectivity index (χ1v) is 10.5. The molecule has 1 heterocycles. The summed E-state index contributed by atoms with van der Waals surface area (Å²) < 4.78 is 11.4. The predicted octanol–water partition coefficient (Wildman–Crippen LogP) is 5.54. The lowest BCUT2D eigenvalue weighted by atomic mass is 10.1. The summed E-state index contributed by atoms with van der Waals surface area (Å²) in [6.07, 6.45) is 0.976. The van der Waals surface area contributed by atoms with E-state index in [4.69, 9.17) is 9.47 Å². The molecule has 0 atom stereocenters. The summed E-state index contributed by atoms with van der Waals surface area (Å²) in [7, 11) is 0. The third-order valence-electron chi connectivity index (χ3n) is 4.59. The Balaban J connectivity index is 1.58. The maximum absolute atomic E-state index is 12.3. The average Bonchev–Trinajstić information content (AvgIpc) is 3.18. The van der Waals surface area contributed by atoms with Gasteiger partial charge in [0.1, 0.15) is 11.5 Å². The second-order valence-corrected chi connectivity index (χ2v) is 7.76. The normalized spacial score (nSPS) is 10.6. The van der Waals surface area contributed by atoms with Crippen LogP contribution in [0.25, 0.3) is 11.3 Å². The zero-order chi connectivity index (χ0) is 20.8. The molecule has 1 N–H and O–H groups in total. The topological polar surface area (TPSA) is 60.5 Å². The number of amides is 1. The van der Waals surface area contributed by atoms with Gasteiger partial charge >= 0.3 is 0 Å². The standard InChI is InChI=1S/C23H26N2O3S/c1-5-12-27-19-10-8-18(9-11-19)20-14-29-23(24-20)25-21(26)13-28-22-16(3)7-6-15(2)17(22)4/h6-11,14H,5,12-13H2,1-4H3,(H,24,25,26). The minimum atomic E-state index is -0.227. The van der Waals surface area contributed by atoms with Gasteiger partial charge in [-0.1, -0.05) is 19.1 Å². The Labute approximate surface area is 175 Å². The minimum absolute atomic E-state index is 0.0521. The number of benzene rings is 2. The lowest BCUT2D eigenvalue weighted by molar-refractivity contribution is -0.118. The van der Waals surface area contributed by atoms with Crippen molar-refractivity contribution in [2.24, 2.45) is 0 Å². The molecule has 1 aromatic heterocycles. The van der Waals surface area contributed by atoms with E-state index in [1.807, 2.05) is 56.5 Å². The summed E-state index contributed by atoms with van der Waals surface area (Å²) in [6.45, 7) is 8.74. The van der Waals surface area contributed by atoms with E-state index in [2.05, 4.69) is 23.3 Å². The van der Waals surface area contributed by atoms with Crippen LogP contribution >= 0.6 is 11.3 Å². The van der Waals surface area contributed by atoms with Crippen LogP contribution in [0.1, 0.15) is 30.0 Å².